The molecule has 1 unspecified atom stereocenters. The van der Waals surface area contributed by atoms with Crippen LogP contribution in [0.25, 0.3) is 0 Å². The van der Waals surface area contributed by atoms with Crippen molar-refractivity contribution in [2.24, 2.45) is 23.7 Å². The summed E-state index contributed by atoms with van der Waals surface area (Å²) >= 11 is 13.3. The number of carbonyl (C=O) groups excluding carboxylic acids is 7. The molecule has 2 aliphatic carbocycles. The molecule has 1 saturated heterocycles. The maximum atomic E-state index is 14.6. The van der Waals surface area contributed by atoms with Crippen molar-refractivity contribution < 1.29 is 38.3 Å². The molecule has 4 amide bonds. The second-order valence-corrected chi connectivity index (χ2v) is 17.9. The highest BCUT2D eigenvalue weighted by molar-refractivity contribution is 6.51. The molecule has 6 atom stereocenters. The van der Waals surface area contributed by atoms with Crippen LogP contribution in [0, 0.1) is 23.7 Å². The first kappa shape index (κ1) is 43.6. The Balaban J connectivity index is 1.30. The summed E-state index contributed by atoms with van der Waals surface area (Å²) < 4.78 is 4.26. The van der Waals surface area contributed by atoms with Gasteiger partial charge in [-0.05, 0) is 69.1 Å². The third-order valence-corrected chi connectivity index (χ3v) is 12.0. The third-order valence-electron chi connectivity index (χ3n) is 11.0. The first-order valence-electron chi connectivity index (χ1n) is 19.3. The Morgan fingerprint density at radius 2 is 1.56 bits per heavy atom. The molecule has 2 N–H and O–H groups in total. The van der Waals surface area contributed by atoms with Crippen molar-refractivity contribution in [2.75, 3.05) is 20.6 Å². The van der Waals surface area contributed by atoms with Gasteiger partial charge in [-0.25, -0.2) is 4.79 Å². The Bertz CT molecular complexity index is 1870. The molecular weight excluding hydrogens is 771 g/mol. The van der Waals surface area contributed by atoms with Crippen LogP contribution in [0.3, 0.4) is 0 Å². The van der Waals surface area contributed by atoms with E-state index < -0.39 is 87.5 Å². The van der Waals surface area contributed by atoms with Gasteiger partial charge in [-0.1, -0.05) is 60.7 Å². The Morgan fingerprint density at radius 1 is 0.947 bits per heavy atom. The average molecular weight is 824 g/mol. The molecule has 1 heterocycles. The van der Waals surface area contributed by atoms with Crippen molar-refractivity contribution in [3.8, 4) is 0 Å². The zero-order chi connectivity index (χ0) is 41.8. The molecule has 5 rings (SSSR count). The van der Waals surface area contributed by atoms with Crippen molar-refractivity contribution in [3.05, 3.63) is 83.9 Å². The SMILES string of the molecule is C=CCCC(CC(=O)[C@@H]1[C@@H]2[C@H](CN1C(=O)[C@@H](NC(=O)OC(C)(C)C)C1Cc3ccccc3C1)C2(Cl)Cl)C(=O)C(=O)CCC(=O)N[C@H](C(=O)N(C)C)c1ccccc1. The quantitative estimate of drug-likeness (QED) is 0.123. The van der Waals surface area contributed by atoms with E-state index in [0.29, 0.717) is 24.8 Å². The number of halogens is 2. The highest BCUT2D eigenvalue weighted by Crippen LogP contribution is 2.65. The molecule has 0 spiro atoms. The number of Topliss-reactive ketones (excluding diaryl/α,β-unsaturated/α-hetero) is 3. The van der Waals surface area contributed by atoms with Crippen LogP contribution in [0.2, 0.25) is 0 Å². The maximum Gasteiger partial charge on any atom is 0.408 e. The fourth-order valence-corrected chi connectivity index (χ4v) is 8.86. The second kappa shape index (κ2) is 17.9. The van der Waals surface area contributed by atoms with Gasteiger partial charge in [0.15, 0.2) is 11.6 Å². The summed E-state index contributed by atoms with van der Waals surface area (Å²) in [6.45, 7) is 8.95. The van der Waals surface area contributed by atoms with Gasteiger partial charge in [0, 0.05) is 57.7 Å². The monoisotopic (exact) mass is 822 g/mol. The molecule has 14 heteroatoms. The van der Waals surface area contributed by atoms with Crippen molar-refractivity contribution in [1.82, 2.24) is 20.4 Å². The molecule has 3 aliphatic rings. The van der Waals surface area contributed by atoms with Crippen LogP contribution in [-0.2, 0) is 46.3 Å². The van der Waals surface area contributed by atoms with Crippen molar-refractivity contribution in [2.45, 2.75) is 93.8 Å². The van der Waals surface area contributed by atoms with Crippen LogP contribution >= 0.6 is 23.2 Å². The van der Waals surface area contributed by atoms with Gasteiger partial charge in [-0.2, -0.15) is 0 Å². The first-order valence-corrected chi connectivity index (χ1v) is 20.1. The molecular formula is C43H52Cl2N4O8. The number of alkyl carbamates (subject to hydrolysis) is 1. The van der Waals surface area contributed by atoms with Crippen LogP contribution in [0.4, 0.5) is 4.79 Å². The van der Waals surface area contributed by atoms with Gasteiger partial charge in [0.2, 0.25) is 23.5 Å². The zero-order valence-corrected chi connectivity index (χ0v) is 34.6. The molecule has 306 valence electrons. The lowest BCUT2D eigenvalue weighted by molar-refractivity contribution is -0.144. The summed E-state index contributed by atoms with van der Waals surface area (Å²) in [4.78, 5) is 97.8. The molecule has 57 heavy (non-hydrogen) atoms. The number of alkyl halides is 2. The number of benzene rings is 2. The number of hydrogen-bond acceptors (Lipinski definition) is 8. The normalized spacial score (nSPS) is 20.9. The van der Waals surface area contributed by atoms with E-state index in [-0.39, 0.29) is 37.6 Å². The molecule has 1 aliphatic heterocycles. The number of ketones is 3. The predicted molar refractivity (Wildman–Crippen MR) is 215 cm³/mol. The Morgan fingerprint density at radius 3 is 2.14 bits per heavy atom. The molecule has 2 aromatic rings. The van der Waals surface area contributed by atoms with Crippen LogP contribution in [-0.4, -0.2) is 93.6 Å². The number of fused-ring (bicyclic) bond motifs is 2. The molecule has 1 saturated carbocycles. The molecule has 12 nitrogen and oxygen atoms in total. The smallest absolute Gasteiger partial charge is 0.408 e. The van der Waals surface area contributed by atoms with E-state index in [0.717, 1.165) is 11.1 Å². The summed E-state index contributed by atoms with van der Waals surface area (Å²) in [5.41, 5.74) is 1.86. The van der Waals surface area contributed by atoms with Crippen LogP contribution < -0.4 is 10.6 Å². The van der Waals surface area contributed by atoms with Crippen LogP contribution in [0.1, 0.15) is 75.6 Å². The molecule has 2 aromatic carbocycles. The Kier molecular flexibility index (Phi) is 13.7. The predicted octanol–water partition coefficient (Wildman–Crippen LogP) is 5.33. The standard InChI is InChI=1S/C43H52Cl2N4O8/c1-7-8-14-28(38(53)31(50)19-20-33(52)46-35(39(54)48(5)6)25-15-10-9-11-16-25)23-32(51)37-34-30(43(34,44)45)24-49(37)40(55)36(47-41(56)57-42(2,3)4)29-21-26-17-12-13-18-27(26)22-29/h7,9-13,15-18,28-30,34-37H,1,8,14,19-24H2,2-6H3,(H,46,52)(H,47,56)/t28?,30-,34-,35-,36-,37+/m0/s1. The summed E-state index contributed by atoms with van der Waals surface area (Å²) in [6.07, 6.45) is 1.13. The zero-order valence-electron chi connectivity index (χ0n) is 33.1. The average Bonchev–Trinajstić information content (AvgIpc) is 3.51. The number of likely N-dealkylation sites (tertiary alicyclic amines) is 1. The summed E-state index contributed by atoms with van der Waals surface area (Å²) in [6, 6.07) is 13.3. The lowest BCUT2D eigenvalue weighted by Gasteiger charge is -2.35. The number of allylic oxidation sites excluding steroid dienone is 1. The Labute approximate surface area is 344 Å². The van der Waals surface area contributed by atoms with E-state index in [1.807, 2.05) is 24.3 Å². The maximum absolute atomic E-state index is 14.6. The van der Waals surface area contributed by atoms with Crippen LogP contribution in [0.15, 0.2) is 67.3 Å². The number of amides is 4. The Hall–Kier alpha value is -4.55. The highest BCUT2D eigenvalue weighted by atomic mass is 35.5. The van der Waals surface area contributed by atoms with E-state index in [1.165, 1.54) is 9.80 Å². The van der Waals surface area contributed by atoms with E-state index in [1.54, 1.807) is 71.3 Å². The van der Waals surface area contributed by atoms with E-state index in [2.05, 4.69) is 17.2 Å². The van der Waals surface area contributed by atoms with Gasteiger partial charge in [-0.3, -0.25) is 28.8 Å². The van der Waals surface area contributed by atoms with Gasteiger partial charge in [0.05, 0.1) is 6.04 Å². The number of nitrogens with one attached hydrogen (secondary N) is 2. The number of piperidine rings is 1. The van der Waals surface area contributed by atoms with E-state index >= 15 is 0 Å². The molecule has 0 bridgehead atoms. The topological polar surface area (TPSA) is 159 Å². The van der Waals surface area contributed by atoms with E-state index in [4.69, 9.17) is 27.9 Å². The fraction of sp³-hybridized carbons (Fsp3) is 0.512. The summed E-state index contributed by atoms with van der Waals surface area (Å²) in [7, 11) is 3.13. The number of carbonyl (C=O) groups is 7. The number of likely N-dealkylation sites (N-methyl/N-ethyl adjacent to an activating group) is 1. The number of nitrogens with zero attached hydrogens (tertiary/aromatic N) is 2. The summed E-state index contributed by atoms with van der Waals surface area (Å²) in [5.74, 6) is -5.99. The van der Waals surface area contributed by atoms with Crippen LogP contribution in [0.5, 0.6) is 0 Å². The van der Waals surface area contributed by atoms with Crippen molar-refractivity contribution in [1.29, 1.82) is 0 Å². The molecule has 0 aromatic heterocycles. The molecule has 0 radical (unpaired) electrons. The summed E-state index contributed by atoms with van der Waals surface area (Å²) in [5, 5.41) is 5.47. The number of ether oxygens (including phenoxy) is 1. The largest absolute Gasteiger partial charge is 0.444 e. The molecule has 2 fully saturated rings. The van der Waals surface area contributed by atoms with Crippen molar-refractivity contribution >= 4 is 64.4 Å². The minimum absolute atomic E-state index is 0.0681. The lowest BCUT2D eigenvalue weighted by atomic mass is 9.86. The highest BCUT2D eigenvalue weighted by Gasteiger charge is 2.73. The number of hydrogen-bond donors (Lipinski definition) is 2. The first-order chi connectivity index (χ1) is 26.8. The minimum Gasteiger partial charge on any atom is -0.444 e. The van der Waals surface area contributed by atoms with Gasteiger partial charge < -0.3 is 25.2 Å². The second-order valence-electron chi connectivity index (χ2n) is 16.5. The fourth-order valence-electron chi connectivity index (χ4n) is 8.04. The van der Waals surface area contributed by atoms with E-state index in [9.17, 15) is 33.6 Å². The van der Waals surface area contributed by atoms with Crippen molar-refractivity contribution in [3.63, 3.8) is 0 Å². The lowest BCUT2D eigenvalue weighted by Crippen LogP contribution is -2.57. The minimum atomic E-state index is -1.27. The number of rotatable bonds is 17. The third kappa shape index (κ3) is 10.3. The van der Waals surface area contributed by atoms with Gasteiger partial charge >= 0.3 is 6.09 Å². The van der Waals surface area contributed by atoms with Gasteiger partial charge in [-0.15, -0.1) is 29.8 Å². The van der Waals surface area contributed by atoms with Gasteiger partial charge in [0.1, 0.15) is 22.0 Å². The van der Waals surface area contributed by atoms with Gasteiger partial charge in [0.25, 0.3) is 0 Å².